The van der Waals surface area contributed by atoms with Crippen molar-refractivity contribution in [3.05, 3.63) is 51.8 Å². The van der Waals surface area contributed by atoms with Crippen molar-refractivity contribution in [2.75, 3.05) is 11.4 Å². The molecule has 22 heavy (non-hydrogen) atoms. The Labute approximate surface area is 128 Å². The lowest BCUT2D eigenvalue weighted by atomic mass is 10.1. The number of hydrogen-bond donors (Lipinski definition) is 0. The molecule has 0 aliphatic carbocycles. The van der Waals surface area contributed by atoms with Gasteiger partial charge in [-0.1, -0.05) is 0 Å². The molecule has 0 atom stereocenters. The first-order chi connectivity index (χ1) is 10.4. The molecular formula is C15H18N4O3. The van der Waals surface area contributed by atoms with Gasteiger partial charge in [-0.05, 0) is 26.0 Å². The number of carbonyl (C=O) groups is 1. The van der Waals surface area contributed by atoms with E-state index in [1.54, 1.807) is 23.0 Å². The van der Waals surface area contributed by atoms with Gasteiger partial charge in [0.25, 0.3) is 5.69 Å². The Morgan fingerprint density at radius 1 is 1.45 bits per heavy atom. The lowest BCUT2D eigenvalue weighted by Gasteiger charge is -2.22. The molecule has 1 aromatic heterocycles. The maximum Gasteiger partial charge on any atom is 0.293 e. The van der Waals surface area contributed by atoms with Gasteiger partial charge in [-0.25, -0.2) is 0 Å². The van der Waals surface area contributed by atoms with Crippen LogP contribution >= 0.6 is 0 Å². The van der Waals surface area contributed by atoms with Crippen molar-refractivity contribution in [3.8, 4) is 0 Å². The lowest BCUT2D eigenvalue weighted by Crippen LogP contribution is -2.23. The Balaban J connectivity index is 2.39. The number of nitro groups is 1. The quantitative estimate of drug-likeness (QED) is 0.465. The van der Waals surface area contributed by atoms with Gasteiger partial charge in [-0.2, -0.15) is 5.10 Å². The molecule has 7 heteroatoms. The molecule has 1 heterocycles. The summed E-state index contributed by atoms with van der Waals surface area (Å²) < 4.78 is 1.69. The molecule has 0 unspecified atom stereocenters. The normalized spacial score (nSPS) is 10.5. The minimum absolute atomic E-state index is 0.0570. The molecule has 0 spiro atoms. The second-order valence-corrected chi connectivity index (χ2v) is 5.05. The third-order valence-electron chi connectivity index (χ3n) is 3.43. The predicted molar refractivity (Wildman–Crippen MR) is 83.0 cm³/mol. The van der Waals surface area contributed by atoms with Crippen molar-refractivity contribution in [1.29, 1.82) is 0 Å². The predicted octanol–water partition coefficient (Wildman–Crippen LogP) is 2.56. The number of anilines is 1. The molecule has 0 aliphatic heterocycles. The number of nitrogens with zero attached hydrogens (tertiary/aromatic N) is 4. The number of rotatable bonds is 6. The molecule has 0 bridgehead atoms. The zero-order chi connectivity index (χ0) is 16.3. The second-order valence-electron chi connectivity index (χ2n) is 5.05. The Kier molecular flexibility index (Phi) is 4.55. The average Bonchev–Trinajstić information content (AvgIpc) is 2.89. The number of benzene rings is 1. The summed E-state index contributed by atoms with van der Waals surface area (Å²) in [6.45, 7) is 4.45. The Hall–Kier alpha value is -2.70. The van der Waals surface area contributed by atoms with E-state index in [1.807, 2.05) is 25.1 Å². The van der Waals surface area contributed by atoms with Crippen molar-refractivity contribution >= 4 is 17.2 Å². The number of hydrogen-bond acceptors (Lipinski definition) is 5. The first-order valence-electron chi connectivity index (χ1n) is 6.94. The highest BCUT2D eigenvalue weighted by molar-refractivity contribution is 5.95. The first kappa shape index (κ1) is 15.7. The van der Waals surface area contributed by atoms with Crippen LogP contribution in [0.5, 0.6) is 0 Å². The van der Waals surface area contributed by atoms with Crippen molar-refractivity contribution in [2.24, 2.45) is 7.05 Å². The van der Waals surface area contributed by atoms with Crippen LogP contribution in [-0.2, 0) is 13.6 Å². The number of aryl methyl sites for hydroxylation is 1. The van der Waals surface area contributed by atoms with Gasteiger partial charge in [0.2, 0.25) is 0 Å². The van der Waals surface area contributed by atoms with Gasteiger partial charge in [-0.3, -0.25) is 19.6 Å². The number of Topliss-reactive ketones (excluding diaryl/α,β-unsaturated/α-hetero) is 1. The van der Waals surface area contributed by atoms with Crippen molar-refractivity contribution in [2.45, 2.75) is 20.4 Å². The van der Waals surface area contributed by atoms with Crippen molar-refractivity contribution < 1.29 is 9.72 Å². The van der Waals surface area contributed by atoms with Crippen LogP contribution in [0.3, 0.4) is 0 Å². The van der Waals surface area contributed by atoms with Crippen LogP contribution in [0.25, 0.3) is 0 Å². The second kappa shape index (κ2) is 6.38. The van der Waals surface area contributed by atoms with Crippen LogP contribution in [0.15, 0.2) is 30.6 Å². The summed E-state index contributed by atoms with van der Waals surface area (Å²) in [6.07, 6.45) is 3.61. The molecule has 0 saturated carbocycles. The van der Waals surface area contributed by atoms with E-state index in [2.05, 4.69) is 5.10 Å². The largest absolute Gasteiger partial charge is 0.362 e. The number of nitro benzene ring substituents is 1. The molecule has 2 rings (SSSR count). The third-order valence-corrected chi connectivity index (χ3v) is 3.43. The highest BCUT2D eigenvalue weighted by Crippen LogP contribution is 2.30. The summed E-state index contributed by atoms with van der Waals surface area (Å²) in [5.41, 5.74) is 1.75. The summed E-state index contributed by atoms with van der Waals surface area (Å²) in [6, 6.07) is 4.59. The molecule has 0 amide bonds. The maximum absolute atomic E-state index is 11.4. The molecule has 0 radical (unpaired) electrons. The van der Waals surface area contributed by atoms with Crippen LogP contribution < -0.4 is 4.90 Å². The lowest BCUT2D eigenvalue weighted by molar-refractivity contribution is -0.384. The van der Waals surface area contributed by atoms with Crippen molar-refractivity contribution in [3.63, 3.8) is 0 Å². The minimum Gasteiger partial charge on any atom is -0.362 e. The molecule has 0 N–H and O–H groups in total. The smallest absolute Gasteiger partial charge is 0.293 e. The molecule has 0 aliphatic rings. The average molecular weight is 302 g/mol. The van der Waals surface area contributed by atoms with Gasteiger partial charge in [0.05, 0.1) is 11.1 Å². The molecule has 0 saturated heterocycles. The fraction of sp³-hybridized carbons (Fsp3) is 0.333. The van der Waals surface area contributed by atoms with Crippen LogP contribution in [0.1, 0.15) is 29.8 Å². The van der Waals surface area contributed by atoms with E-state index in [0.29, 0.717) is 24.3 Å². The third kappa shape index (κ3) is 3.30. The maximum atomic E-state index is 11.4. The zero-order valence-corrected chi connectivity index (χ0v) is 12.8. The fourth-order valence-electron chi connectivity index (χ4n) is 2.30. The number of aromatic nitrogens is 2. The van der Waals surface area contributed by atoms with Crippen LogP contribution in [0.2, 0.25) is 0 Å². The Bertz CT molecular complexity index is 709. The monoisotopic (exact) mass is 302 g/mol. The van der Waals surface area contributed by atoms with Gasteiger partial charge >= 0.3 is 0 Å². The highest BCUT2D eigenvalue weighted by Gasteiger charge is 2.20. The minimum atomic E-state index is -0.451. The van der Waals surface area contributed by atoms with Crippen LogP contribution in [0, 0.1) is 10.1 Å². The van der Waals surface area contributed by atoms with E-state index in [4.69, 9.17) is 0 Å². The summed E-state index contributed by atoms with van der Waals surface area (Å²) >= 11 is 0. The Morgan fingerprint density at radius 2 is 2.18 bits per heavy atom. The zero-order valence-electron chi connectivity index (χ0n) is 12.8. The fourth-order valence-corrected chi connectivity index (χ4v) is 2.30. The molecule has 116 valence electrons. The van der Waals surface area contributed by atoms with Crippen LogP contribution in [-0.4, -0.2) is 27.0 Å². The summed E-state index contributed by atoms with van der Waals surface area (Å²) in [4.78, 5) is 24.2. The van der Waals surface area contributed by atoms with E-state index >= 15 is 0 Å². The van der Waals surface area contributed by atoms with Gasteiger partial charge in [0.15, 0.2) is 5.78 Å². The number of ketones is 1. The summed E-state index contributed by atoms with van der Waals surface area (Å²) in [5, 5.41) is 15.4. The van der Waals surface area contributed by atoms with E-state index in [0.717, 1.165) is 5.56 Å². The van der Waals surface area contributed by atoms with Gasteiger partial charge in [0, 0.05) is 43.5 Å². The van der Waals surface area contributed by atoms with E-state index in [-0.39, 0.29) is 11.5 Å². The highest BCUT2D eigenvalue weighted by atomic mass is 16.6. The summed E-state index contributed by atoms with van der Waals surface area (Å²) in [7, 11) is 1.82. The summed E-state index contributed by atoms with van der Waals surface area (Å²) in [5.74, 6) is -0.190. The molecule has 0 fully saturated rings. The number of carbonyl (C=O) groups excluding carboxylic acids is 1. The van der Waals surface area contributed by atoms with E-state index in [9.17, 15) is 14.9 Å². The SMILES string of the molecule is CCN(Cc1cnn(C)c1)c1ccc(C(C)=O)cc1[N+](=O)[O-]. The van der Waals surface area contributed by atoms with Gasteiger partial charge in [-0.15, -0.1) is 0 Å². The standard InChI is InChI=1S/C15H18N4O3/c1-4-18(10-12-8-16-17(3)9-12)14-6-5-13(11(2)20)7-15(14)19(21)22/h5-9H,4,10H2,1-3H3. The van der Waals surface area contributed by atoms with E-state index in [1.165, 1.54) is 13.0 Å². The molecule has 7 nitrogen and oxygen atoms in total. The Morgan fingerprint density at radius 3 is 2.68 bits per heavy atom. The first-order valence-corrected chi connectivity index (χ1v) is 6.94. The van der Waals surface area contributed by atoms with Gasteiger partial charge < -0.3 is 4.90 Å². The molecule has 2 aromatic rings. The van der Waals surface area contributed by atoms with Crippen LogP contribution in [0.4, 0.5) is 11.4 Å². The van der Waals surface area contributed by atoms with E-state index < -0.39 is 4.92 Å². The molecular weight excluding hydrogens is 284 g/mol. The molecule has 1 aromatic carbocycles. The van der Waals surface area contributed by atoms with Crippen molar-refractivity contribution in [1.82, 2.24) is 9.78 Å². The topological polar surface area (TPSA) is 81.3 Å². The van der Waals surface area contributed by atoms with Gasteiger partial charge in [0.1, 0.15) is 5.69 Å².